The Balaban J connectivity index is 2.42. The molecule has 0 saturated heterocycles. The van der Waals surface area contributed by atoms with Gasteiger partial charge in [-0.15, -0.1) is 0 Å². The van der Waals surface area contributed by atoms with Gasteiger partial charge in [-0.1, -0.05) is 45.8 Å². The van der Waals surface area contributed by atoms with E-state index in [1.807, 2.05) is 56.3 Å². The molecule has 0 N–H and O–H groups in total. The summed E-state index contributed by atoms with van der Waals surface area (Å²) in [5, 5.41) is 0. The van der Waals surface area contributed by atoms with Crippen LogP contribution in [0.4, 0.5) is 5.69 Å². The number of aryl methyl sites for hydroxylation is 2. The number of benzene rings is 2. The molecule has 2 rings (SSSR count). The number of hydrogen-bond donors (Lipinski definition) is 0. The molecule has 0 radical (unpaired) electrons. The molecule has 0 aliphatic carbocycles. The third-order valence-corrected chi connectivity index (χ3v) is 4.92. The molecular formula is C16H18BrNO2S. The Labute approximate surface area is 134 Å². The van der Waals surface area contributed by atoms with Crippen LogP contribution in [-0.4, -0.2) is 14.7 Å². The van der Waals surface area contributed by atoms with E-state index in [4.69, 9.17) is 0 Å². The predicted octanol–water partition coefficient (Wildman–Crippen LogP) is 4.03. The van der Waals surface area contributed by atoms with E-state index in [9.17, 15) is 8.42 Å². The first-order chi connectivity index (χ1) is 9.77. The second kappa shape index (κ2) is 6.20. The van der Waals surface area contributed by atoms with Gasteiger partial charge in [0, 0.05) is 4.47 Å². The van der Waals surface area contributed by atoms with Crippen molar-refractivity contribution >= 4 is 31.6 Å². The van der Waals surface area contributed by atoms with Crippen molar-refractivity contribution in [2.24, 2.45) is 0 Å². The normalized spacial score (nSPS) is 11.4. The van der Waals surface area contributed by atoms with Crippen LogP contribution in [0, 0.1) is 13.8 Å². The van der Waals surface area contributed by atoms with Gasteiger partial charge in [0.05, 0.1) is 18.5 Å². The molecule has 0 aliphatic rings. The van der Waals surface area contributed by atoms with E-state index in [0.29, 0.717) is 6.54 Å². The Morgan fingerprint density at radius 3 is 2.19 bits per heavy atom. The average molecular weight is 368 g/mol. The lowest BCUT2D eigenvalue weighted by Crippen LogP contribution is -2.29. The Kier molecular flexibility index (Phi) is 4.74. The van der Waals surface area contributed by atoms with Gasteiger partial charge >= 0.3 is 0 Å². The molecule has 3 nitrogen and oxygen atoms in total. The van der Waals surface area contributed by atoms with Gasteiger partial charge in [0.1, 0.15) is 0 Å². The van der Waals surface area contributed by atoms with Gasteiger partial charge in [-0.3, -0.25) is 4.31 Å². The summed E-state index contributed by atoms with van der Waals surface area (Å²) in [6.07, 6.45) is 1.24. The Morgan fingerprint density at radius 1 is 1.05 bits per heavy atom. The fraction of sp³-hybridized carbons (Fsp3) is 0.250. The Morgan fingerprint density at radius 2 is 1.67 bits per heavy atom. The summed E-state index contributed by atoms with van der Waals surface area (Å²) in [7, 11) is -3.34. The molecule has 0 aliphatic heterocycles. The first kappa shape index (κ1) is 16.0. The molecule has 0 atom stereocenters. The van der Waals surface area contributed by atoms with Crippen LogP contribution in [0.3, 0.4) is 0 Å². The third-order valence-electron chi connectivity index (χ3n) is 3.26. The second-order valence-electron chi connectivity index (χ2n) is 5.19. The van der Waals surface area contributed by atoms with Crippen molar-refractivity contribution in [3.63, 3.8) is 0 Å². The summed E-state index contributed by atoms with van der Waals surface area (Å²) >= 11 is 3.38. The fourth-order valence-electron chi connectivity index (χ4n) is 2.22. The number of nitrogens with zero attached hydrogens (tertiary/aromatic N) is 1. The van der Waals surface area contributed by atoms with Crippen LogP contribution in [-0.2, 0) is 16.6 Å². The number of anilines is 1. The van der Waals surface area contributed by atoms with Crippen LogP contribution in [0.25, 0.3) is 0 Å². The van der Waals surface area contributed by atoms with E-state index in [0.717, 1.165) is 26.9 Å². The topological polar surface area (TPSA) is 37.4 Å². The second-order valence-corrected chi connectivity index (χ2v) is 8.01. The molecule has 112 valence electrons. The molecule has 0 spiro atoms. The van der Waals surface area contributed by atoms with Crippen LogP contribution in [0.15, 0.2) is 46.9 Å². The minimum absolute atomic E-state index is 0.329. The molecule has 0 bridgehead atoms. The highest BCUT2D eigenvalue weighted by Crippen LogP contribution is 2.25. The van der Waals surface area contributed by atoms with Crippen LogP contribution < -0.4 is 4.31 Å². The van der Waals surface area contributed by atoms with Crippen molar-refractivity contribution in [2.75, 3.05) is 10.6 Å². The summed E-state index contributed by atoms with van der Waals surface area (Å²) in [5.41, 5.74) is 3.75. The molecule has 5 heteroatoms. The number of hydrogen-bond acceptors (Lipinski definition) is 2. The van der Waals surface area contributed by atoms with E-state index in [1.54, 1.807) is 0 Å². The smallest absolute Gasteiger partial charge is 0.232 e. The van der Waals surface area contributed by atoms with Crippen LogP contribution in [0.2, 0.25) is 0 Å². The first-order valence-electron chi connectivity index (χ1n) is 6.57. The third kappa shape index (κ3) is 4.08. The number of rotatable bonds is 4. The van der Waals surface area contributed by atoms with E-state index >= 15 is 0 Å². The van der Waals surface area contributed by atoms with Gasteiger partial charge in [0.15, 0.2) is 0 Å². The molecular weight excluding hydrogens is 350 g/mol. The zero-order valence-corrected chi connectivity index (χ0v) is 14.7. The van der Waals surface area contributed by atoms with E-state index in [1.165, 1.54) is 10.6 Å². The average Bonchev–Trinajstić information content (AvgIpc) is 2.38. The highest BCUT2D eigenvalue weighted by atomic mass is 79.9. The zero-order valence-electron chi connectivity index (χ0n) is 12.3. The summed E-state index contributed by atoms with van der Waals surface area (Å²) in [5.74, 6) is 0. The van der Waals surface area contributed by atoms with Crippen molar-refractivity contribution in [3.05, 3.63) is 63.6 Å². The maximum Gasteiger partial charge on any atom is 0.232 e. The van der Waals surface area contributed by atoms with Gasteiger partial charge in [0.2, 0.25) is 10.0 Å². The Bertz CT molecular complexity index is 739. The monoisotopic (exact) mass is 367 g/mol. The summed E-state index contributed by atoms with van der Waals surface area (Å²) in [4.78, 5) is 0. The maximum absolute atomic E-state index is 12.2. The van der Waals surface area contributed by atoms with Crippen molar-refractivity contribution in [2.45, 2.75) is 20.4 Å². The van der Waals surface area contributed by atoms with Gasteiger partial charge in [0.25, 0.3) is 0 Å². The van der Waals surface area contributed by atoms with E-state index in [2.05, 4.69) is 15.9 Å². The van der Waals surface area contributed by atoms with Crippen molar-refractivity contribution < 1.29 is 8.42 Å². The lowest BCUT2D eigenvalue weighted by atomic mass is 10.1. The molecule has 0 unspecified atom stereocenters. The molecule has 2 aromatic rings. The highest BCUT2D eigenvalue weighted by Gasteiger charge is 2.19. The van der Waals surface area contributed by atoms with Gasteiger partial charge in [-0.2, -0.15) is 0 Å². The number of sulfonamides is 1. The molecule has 0 fully saturated rings. The van der Waals surface area contributed by atoms with E-state index < -0.39 is 10.0 Å². The first-order valence-corrected chi connectivity index (χ1v) is 9.21. The van der Waals surface area contributed by atoms with Crippen LogP contribution in [0.5, 0.6) is 0 Å². The maximum atomic E-state index is 12.2. The SMILES string of the molecule is Cc1ccc(N(Cc2ccc(Br)cc2)S(C)(=O)=O)c(C)c1. The van der Waals surface area contributed by atoms with Gasteiger partial charge in [-0.05, 0) is 43.2 Å². The standard InChI is InChI=1S/C16H18BrNO2S/c1-12-4-9-16(13(2)10-12)18(21(3,19)20)11-14-5-7-15(17)8-6-14/h4-10H,11H2,1-3H3. The summed E-state index contributed by atoms with van der Waals surface area (Å²) in [6.45, 7) is 4.26. The summed E-state index contributed by atoms with van der Waals surface area (Å²) < 4.78 is 26.7. The molecule has 0 heterocycles. The van der Waals surface area contributed by atoms with Crippen molar-refractivity contribution in [1.29, 1.82) is 0 Å². The van der Waals surface area contributed by atoms with Gasteiger partial charge < -0.3 is 0 Å². The molecule has 2 aromatic carbocycles. The van der Waals surface area contributed by atoms with E-state index in [-0.39, 0.29) is 0 Å². The van der Waals surface area contributed by atoms with Crippen molar-refractivity contribution in [3.8, 4) is 0 Å². The lowest BCUT2D eigenvalue weighted by molar-refractivity contribution is 0.596. The Hall–Kier alpha value is -1.33. The number of halogens is 1. The fourth-order valence-corrected chi connectivity index (χ4v) is 3.43. The van der Waals surface area contributed by atoms with Crippen LogP contribution in [0.1, 0.15) is 16.7 Å². The lowest BCUT2D eigenvalue weighted by Gasteiger charge is -2.24. The minimum Gasteiger partial charge on any atom is -0.266 e. The zero-order chi connectivity index (χ0) is 15.6. The highest BCUT2D eigenvalue weighted by molar-refractivity contribution is 9.10. The molecule has 0 aromatic heterocycles. The molecule has 21 heavy (non-hydrogen) atoms. The summed E-state index contributed by atoms with van der Waals surface area (Å²) in [6, 6.07) is 13.5. The van der Waals surface area contributed by atoms with Crippen molar-refractivity contribution in [1.82, 2.24) is 0 Å². The predicted molar refractivity (Wildman–Crippen MR) is 91.1 cm³/mol. The largest absolute Gasteiger partial charge is 0.266 e. The van der Waals surface area contributed by atoms with Gasteiger partial charge in [-0.25, -0.2) is 8.42 Å². The quantitative estimate of drug-likeness (QED) is 0.817. The van der Waals surface area contributed by atoms with Crippen LogP contribution >= 0.6 is 15.9 Å². The minimum atomic E-state index is -3.34. The molecule has 0 saturated carbocycles. The molecule has 0 amide bonds.